The molecule has 9 nitrogen and oxygen atoms in total. The van der Waals surface area contributed by atoms with Gasteiger partial charge >= 0.3 is 18.0 Å². The van der Waals surface area contributed by atoms with Gasteiger partial charge in [-0.2, -0.15) is 0 Å². The summed E-state index contributed by atoms with van der Waals surface area (Å²) in [7, 11) is 1.21. The van der Waals surface area contributed by atoms with Crippen LogP contribution in [0.4, 0.5) is 4.79 Å². The summed E-state index contributed by atoms with van der Waals surface area (Å²) in [5, 5.41) is 4.97. The summed E-state index contributed by atoms with van der Waals surface area (Å²) in [5.74, 6) is -2.12. The van der Waals surface area contributed by atoms with Crippen LogP contribution in [-0.4, -0.2) is 48.7 Å². The van der Waals surface area contributed by atoms with Crippen molar-refractivity contribution in [1.82, 2.24) is 10.6 Å². The second kappa shape index (κ2) is 13.1. The molecule has 0 heterocycles. The van der Waals surface area contributed by atoms with Gasteiger partial charge in [0.2, 0.25) is 5.91 Å². The Morgan fingerprint density at radius 1 is 0.829 bits per heavy atom. The zero-order valence-electron chi connectivity index (χ0n) is 20.4. The van der Waals surface area contributed by atoms with E-state index in [2.05, 4.69) is 10.6 Å². The summed E-state index contributed by atoms with van der Waals surface area (Å²) in [4.78, 5) is 50.2. The van der Waals surface area contributed by atoms with Gasteiger partial charge < -0.3 is 24.8 Å². The lowest BCUT2D eigenvalue weighted by molar-refractivity contribution is -0.147. The molecular weight excluding hydrogens is 452 g/mol. The van der Waals surface area contributed by atoms with E-state index in [9.17, 15) is 19.2 Å². The molecule has 0 radical (unpaired) electrons. The summed E-state index contributed by atoms with van der Waals surface area (Å²) >= 11 is 0. The molecule has 0 spiro atoms. The van der Waals surface area contributed by atoms with Crippen molar-refractivity contribution >= 4 is 23.9 Å². The molecule has 2 N–H and O–H groups in total. The van der Waals surface area contributed by atoms with Gasteiger partial charge in [0.25, 0.3) is 0 Å². The first kappa shape index (κ1) is 27.4. The smallest absolute Gasteiger partial charge is 0.408 e. The number of esters is 2. The first-order chi connectivity index (χ1) is 16.6. The molecule has 2 rings (SSSR count). The fraction of sp³-hybridized carbons (Fsp3) is 0.385. The monoisotopic (exact) mass is 484 g/mol. The zero-order valence-corrected chi connectivity index (χ0v) is 20.4. The molecule has 0 bridgehead atoms. The molecule has 2 unspecified atom stereocenters. The number of rotatable bonds is 10. The van der Waals surface area contributed by atoms with Crippen LogP contribution in [0.2, 0.25) is 0 Å². The third kappa shape index (κ3) is 10.3. The van der Waals surface area contributed by atoms with E-state index in [0.29, 0.717) is 0 Å². The Morgan fingerprint density at radius 3 is 1.94 bits per heavy atom. The topological polar surface area (TPSA) is 120 Å². The Bertz CT molecular complexity index is 988. The van der Waals surface area contributed by atoms with Crippen molar-refractivity contribution in [3.8, 4) is 0 Å². The van der Waals surface area contributed by atoms with Gasteiger partial charge in [0.05, 0.1) is 13.5 Å². The fourth-order valence-corrected chi connectivity index (χ4v) is 3.08. The predicted molar refractivity (Wildman–Crippen MR) is 128 cm³/mol. The molecule has 188 valence electrons. The van der Waals surface area contributed by atoms with E-state index < -0.39 is 48.0 Å². The van der Waals surface area contributed by atoms with Gasteiger partial charge in [0, 0.05) is 6.42 Å². The Labute approximate surface area is 205 Å². The van der Waals surface area contributed by atoms with Crippen LogP contribution < -0.4 is 10.6 Å². The largest absolute Gasteiger partial charge is 0.467 e. The molecule has 2 aromatic rings. The second-order valence-electron chi connectivity index (χ2n) is 8.82. The SMILES string of the molecule is COC(=O)C(Cc1ccccc1)NC(=O)C(CC(=O)OCc1ccccc1)NC(=O)OC(C)(C)C. The fourth-order valence-electron chi connectivity index (χ4n) is 3.08. The molecule has 0 aliphatic rings. The normalized spacial score (nSPS) is 12.6. The number of hydrogen-bond acceptors (Lipinski definition) is 7. The van der Waals surface area contributed by atoms with Gasteiger partial charge in [-0.15, -0.1) is 0 Å². The summed E-state index contributed by atoms with van der Waals surface area (Å²) in [6.07, 6.45) is -1.18. The van der Waals surface area contributed by atoms with Crippen LogP contribution in [0.3, 0.4) is 0 Å². The zero-order chi connectivity index (χ0) is 25.8. The third-order valence-corrected chi connectivity index (χ3v) is 4.71. The minimum Gasteiger partial charge on any atom is -0.467 e. The van der Waals surface area contributed by atoms with Crippen molar-refractivity contribution in [2.45, 2.75) is 57.9 Å². The highest BCUT2D eigenvalue weighted by Gasteiger charge is 2.31. The van der Waals surface area contributed by atoms with Crippen LogP contribution in [0, 0.1) is 0 Å². The highest BCUT2D eigenvalue weighted by atomic mass is 16.6. The van der Waals surface area contributed by atoms with Crippen LogP contribution in [0.1, 0.15) is 38.3 Å². The lowest BCUT2D eigenvalue weighted by Gasteiger charge is -2.24. The minimum absolute atomic E-state index is 0.0131. The number of carbonyl (C=O) groups is 4. The van der Waals surface area contributed by atoms with Gasteiger partial charge in [0.15, 0.2) is 0 Å². The van der Waals surface area contributed by atoms with Crippen molar-refractivity contribution in [3.05, 3.63) is 71.8 Å². The van der Waals surface area contributed by atoms with Gasteiger partial charge in [-0.25, -0.2) is 9.59 Å². The molecule has 9 heteroatoms. The van der Waals surface area contributed by atoms with Crippen molar-refractivity contribution in [2.75, 3.05) is 7.11 Å². The molecule has 2 amide bonds. The molecule has 2 aromatic carbocycles. The second-order valence-corrected chi connectivity index (χ2v) is 8.82. The van der Waals surface area contributed by atoms with Crippen LogP contribution in [0.25, 0.3) is 0 Å². The van der Waals surface area contributed by atoms with Crippen LogP contribution in [-0.2, 0) is 41.6 Å². The molecule has 0 saturated heterocycles. The quantitative estimate of drug-likeness (QED) is 0.393. The van der Waals surface area contributed by atoms with Gasteiger partial charge in [-0.05, 0) is 31.9 Å². The van der Waals surface area contributed by atoms with E-state index in [1.54, 1.807) is 57.2 Å². The van der Waals surface area contributed by atoms with Crippen LogP contribution in [0.15, 0.2) is 60.7 Å². The van der Waals surface area contributed by atoms with E-state index in [1.165, 1.54) is 7.11 Å². The average molecular weight is 485 g/mol. The maximum Gasteiger partial charge on any atom is 0.408 e. The number of carbonyl (C=O) groups excluding carboxylic acids is 4. The molecule has 2 atom stereocenters. The molecule has 0 aliphatic carbocycles. The number of ether oxygens (including phenoxy) is 3. The first-order valence-corrected chi connectivity index (χ1v) is 11.2. The van der Waals surface area contributed by atoms with E-state index in [0.717, 1.165) is 11.1 Å². The lowest BCUT2D eigenvalue weighted by Crippen LogP contribution is -2.53. The van der Waals surface area contributed by atoms with E-state index in [-0.39, 0.29) is 13.0 Å². The third-order valence-electron chi connectivity index (χ3n) is 4.71. The Kier molecular flexibility index (Phi) is 10.3. The standard InChI is InChI=1S/C26H32N2O7/c1-26(2,3)35-25(32)28-20(16-22(29)34-17-19-13-9-6-10-14-19)23(30)27-21(24(31)33-4)15-18-11-7-5-8-12-18/h5-14,20-21H,15-17H2,1-4H3,(H,27,30)(H,28,32). The minimum atomic E-state index is -1.34. The summed E-state index contributed by atoms with van der Waals surface area (Å²) in [5.41, 5.74) is 0.749. The summed E-state index contributed by atoms with van der Waals surface area (Å²) in [6, 6.07) is 15.7. The maximum absolute atomic E-state index is 13.1. The average Bonchev–Trinajstić information content (AvgIpc) is 2.81. The predicted octanol–water partition coefficient (Wildman–Crippen LogP) is 2.91. The van der Waals surface area contributed by atoms with Crippen LogP contribution in [0.5, 0.6) is 0 Å². The molecule has 0 aliphatic heterocycles. The van der Waals surface area contributed by atoms with Crippen molar-refractivity contribution in [3.63, 3.8) is 0 Å². The Balaban J connectivity index is 2.12. The van der Waals surface area contributed by atoms with Gasteiger partial charge in [0.1, 0.15) is 24.3 Å². The number of hydrogen-bond donors (Lipinski definition) is 2. The number of methoxy groups -OCH3 is 1. The summed E-state index contributed by atoms with van der Waals surface area (Å²) in [6.45, 7) is 5.02. The molecule has 0 fully saturated rings. The Morgan fingerprint density at radius 2 is 1.40 bits per heavy atom. The molecular formula is C26H32N2O7. The van der Waals surface area contributed by atoms with E-state index in [1.807, 2.05) is 24.3 Å². The van der Waals surface area contributed by atoms with Crippen molar-refractivity contribution in [2.24, 2.45) is 0 Å². The highest BCUT2D eigenvalue weighted by molar-refractivity contribution is 5.92. The Hall–Kier alpha value is -3.88. The van der Waals surface area contributed by atoms with Crippen molar-refractivity contribution in [1.29, 1.82) is 0 Å². The molecule has 0 saturated carbocycles. The van der Waals surface area contributed by atoms with E-state index >= 15 is 0 Å². The van der Waals surface area contributed by atoms with Gasteiger partial charge in [-0.1, -0.05) is 60.7 Å². The number of benzene rings is 2. The highest BCUT2D eigenvalue weighted by Crippen LogP contribution is 2.10. The molecule has 35 heavy (non-hydrogen) atoms. The molecule has 0 aromatic heterocycles. The van der Waals surface area contributed by atoms with E-state index in [4.69, 9.17) is 14.2 Å². The maximum atomic E-state index is 13.1. The van der Waals surface area contributed by atoms with Gasteiger partial charge in [-0.3, -0.25) is 9.59 Å². The first-order valence-electron chi connectivity index (χ1n) is 11.2. The number of amides is 2. The van der Waals surface area contributed by atoms with Crippen molar-refractivity contribution < 1.29 is 33.4 Å². The van der Waals surface area contributed by atoms with Crippen LogP contribution >= 0.6 is 0 Å². The number of alkyl carbamates (subject to hydrolysis) is 1. The lowest BCUT2D eigenvalue weighted by atomic mass is 10.1. The number of nitrogens with one attached hydrogen (secondary N) is 2. The summed E-state index contributed by atoms with van der Waals surface area (Å²) < 4.78 is 15.3.